The van der Waals surface area contributed by atoms with Crippen LogP contribution in [0.25, 0.3) is 0 Å². The van der Waals surface area contributed by atoms with Gasteiger partial charge in [-0.05, 0) is 25.3 Å². The third kappa shape index (κ3) is 3.78. The summed E-state index contributed by atoms with van der Waals surface area (Å²) in [4.78, 5) is 12.3. The van der Waals surface area contributed by atoms with Gasteiger partial charge in [-0.3, -0.25) is 4.79 Å². The van der Waals surface area contributed by atoms with Gasteiger partial charge in [-0.2, -0.15) is 0 Å². The number of carbonyl (C=O) groups is 1. The molecule has 0 amide bonds. The van der Waals surface area contributed by atoms with Crippen molar-refractivity contribution in [2.75, 3.05) is 0 Å². The van der Waals surface area contributed by atoms with Crippen LogP contribution in [0.5, 0.6) is 0 Å². The SMILES string of the molecule is C[C@](O)(C(=O)c1ccccc1)[C@H](O)CCc1ccccc1. The van der Waals surface area contributed by atoms with Crippen LogP contribution >= 0.6 is 0 Å². The second-order valence-corrected chi connectivity index (χ2v) is 5.38. The largest absolute Gasteiger partial charge is 0.390 e. The van der Waals surface area contributed by atoms with E-state index in [-0.39, 0.29) is 0 Å². The number of Topliss-reactive ketones (excluding diaryl/α,β-unsaturated/α-hetero) is 1. The maximum atomic E-state index is 12.3. The van der Waals surface area contributed by atoms with E-state index in [2.05, 4.69) is 0 Å². The Labute approximate surface area is 124 Å². The number of benzene rings is 2. The van der Waals surface area contributed by atoms with Gasteiger partial charge < -0.3 is 10.2 Å². The molecule has 2 rings (SSSR count). The van der Waals surface area contributed by atoms with Gasteiger partial charge in [0.1, 0.15) is 0 Å². The zero-order chi connectivity index (χ0) is 15.3. The van der Waals surface area contributed by atoms with E-state index in [1.54, 1.807) is 30.3 Å². The van der Waals surface area contributed by atoms with Gasteiger partial charge in [0.15, 0.2) is 11.4 Å². The fraction of sp³-hybridized carbons (Fsp3) is 0.278. The third-order valence-corrected chi connectivity index (χ3v) is 3.69. The van der Waals surface area contributed by atoms with Crippen LogP contribution in [0.3, 0.4) is 0 Å². The summed E-state index contributed by atoms with van der Waals surface area (Å²) in [6.07, 6.45) is -0.166. The first-order chi connectivity index (χ1) is 10.0. The summed E-state index contributed by atoms with van der Waals surface area (Å²) >= 11 is 0. The number of hydrogen-bond acceptors (Lipinski definition) is 3. The topological polar surface area (TPSA) is 57.5 Å². The van der Waals surface area contributed by atoms with Gasteiger partial charge >= 0.3 is 0 Å². The van der Waals surface area contributed by atoms with Gasteiger partial charge in [0.05, 0.1) is 6.10 Å². The molecule has 2 N–H and O–H groups in total. The van der Waals surface area contributed by atoms with Crippen molar-refractivity contribution in [3.05, 3.63) is 71.8 Å². The first kappa shape index (κ1) is 15.4. The molecule has 3 heteroatoms. The highest BCUT2D eigenvalue weighted by Gasteiger charge is 2.38. The molecule has 0 saturated heterocycles. The molecular weight excluding hydrogens is 264 g/mol. The average molecular weight is 284 g/mol. The molecule has 2 aromatic carbocycles. The predicted molar refractivity (Wildman–Crippen MR) is 82.2 cm³/mol. The molecule has 0 aromatic heterocycles. The fourth-order valence-electron chi connectivity index (χ4n) is 2.26. The molecule has 0 bridgehead atoms. The first-order valence-corrected chi connectivity index (χ1v) is 7.06. The molecule has 2 aromatic rings. The highest BCUT2D eigenvalue weighted by molar-refractivity contribution is 6.02. The molecule has 0 saturated carbocycles. The molecule has 0 unspecified atom stereocenters. The Kier molecular flexibility index (Phi) is 4.89. The van der Waals surface area contributed by atoms with E-state index in [4.69, 9.17) is 0 Å². The molecule has 3 nitrogen and oxygen atoms in total. The Bertz CT molecular complexity index is 576. The summed E-state index contributed by atoms with van der Waals surface area (Å²) in [5.41, 5.74) is -0.309. The molecule has 21 heavy (non-hydrogen) atoms. The Morgan fingerprint density at radius 3 is 2.14 bits per heavy atom. The lowest BCUT2D eigenvalue weighted by molar-refractivity contribution is -0.0423. The zero-order valence-electron chi connectivity index (χ0n) is 12.1. The molecule has 0 spiro atoms. The molecule has 110 valence electrons. The first-order valence-electron chi connectivity index (χ1n) is 7.06. The number of aliphatic hydroxyl groups excluding tert-OH is 1. The lowest BCUT2D eigenvalue weighted by Gasteiger charge is -2.27. The molecular formula is C18H20O3. The molecule has 2 atom stereocenters. The van der Waals surface area contributed by atoms with E-state index in [1.165, 1.54) is 6.92 Å². The van der Waals surface area contributed by atoms with E-state index in [9.17, 15) is 15.0 Å². The summed E-state index contributed by atoms with van der Waals surface area (Å²) in [7, 11) is 0. The summed E-state index contributed by atoms with van der Waals surface area (Å²) in [6, 6.07) is 18.2. The van der Waals surface area contributed by atoms with Crippen molar-refractivity contribution < 1.29 is 15.0 Å². The Morgan fingerprint density at radius 1 is 1.05 bits per heavy atom. The summed E-state index contributed by atoms with van der Waals surface area (Å²) in [6.45, 7) is 1.37. The smallest absolute Gasteiger partial charge is 0.196 e. The zero-order valence-corrected chi connectivity index (χ0v) is 12.1. The van der Waals surface area contributed by atoms with Crippen molar-refractivity contribution in [1.82, 2.24) is 0 Å². The minimum atomic E-state index is -1.78. The Morgan fingerprint density at radius 2 is 1.57 bits per heavy atom. The molecule has 0 heterocycles. The van der Waals surface area contributed by atoms with Gasteiger partial charge in [0, 0.05) is 5.56 Å². The van der Waals surface area contributed by atoms with Gasteiger partial charge in [-0.25, -0.2) is 0 Å². The number of rotatable bonds is 6. The highest BCUT2D eigenvalue weighted by atomic mass is 16.3. The van der Waals surface area contributed by atoms with Crippen LogP contribution in [0, 0.1) is 0 Å². The molecule has 0 aliphatic carbocycles. The standard InChI is InChI=1S/C18H20O3/c1-18(21,17(20)15-10-6-3-7-11-15)16(19)13-12-14-8-4-2-5-9-14/h2-11,16,19,21H,12-13H2,1H3/t16-,18-/m1/s1. The van der Waals surface area contributed by atoms with E-state index in [0.29, 0.717) is 18.4 Å². The predicted octanol–water partition coefficient (Wildman–Crippen LogP) is 2.61. The van der Waals surface area contributed by atoms with Crippen molar-refractivity contribution in [2.24, 2.45) is 0 Å². The minimum Gasteiger partial charge on any atom is -0.390 e. The van der Waals surface area contributed by atoms with Crippen LogP contribution < -0.4 is 0 Å². The van der Waals surface area contributed by atoms with Gasteiger partial charge in [-0.1, -0.05) is 60.7 Å². The van der Waals surface area contributed by atoms with Crippen molar-refractivity contribution in [1.29, 1.82) is 0 Å². The number of hydrogen-bond donors (Lipinski definition) is 2. The van der Waals surface area contributed by atoms with E-state index in [1.807, 2.05) is 30.3 Å². The lowest BCUT2D eigenvalue weighted by atomic mass is 9.86. The van der Waals surface area contributed by atoms with E-state index < -0.39 is 17.5 Å². The number of aliphatic hydroxyl groups is 2. The van der Waals surface area contributed by atoms with E-state index in [0.717, 1.165) is 5.56 Å². The maximum Gasteiger partial charge on any atom is 0.196 e. The van der Waals surface area contributed by atoms with Crippen molar-refractivity contribution in [2.45, 2.75) is 31.5 Å². The second kappa shape index (κ2) is 6.66. The summed E-state index contributed by atoms with van der Waals surface area (Å²) in [5.74, 6) is -0.455. The van der Waals surface area contributed by atoms with Gasteiger partial charge in [0.2, 0.25) is 0 Å². The molecule has 0 aliphatic heterocycles. The molecule has 0 radical (unpaired) electrons. The Balaban J connectivity index is 2.03. The quantitative estimate of drug-likeness (QED) is 0.802. The fourth-order valence-corrected chi connectivity index (χ4v) is 2.26. The van der Waals surface area contributed by atoms with Crippen LogP contribution in [-0.2, 0) is 6.42 Å². The van der Waals surface area contributed by atoms with Crippen molar-refractivity contribution in [3.63, 3.8) is 0 Å². The van der Waals surface area contributed by atoms with Crippen LogP contribution in [0.2, 0.25) is 0 Å². The number of carbonyl (C=O) groups excluding carboxylic acids is 1. The normalized spacial score (nSPS) is 15.2. The number of aryl methyl sites for hydroxylation is 1. The summed E-state index contributed by atoms with van der Waals surface area (Å²) in [5, 5.41) is 20.6. The average Bonchev–Trinajstić information content (AvgIpc) is 2.53. The van der Waals surface area contributed by atoms with E-state index >= 15 is 0 Å². The summed E-state index contributed by atoms with van der Waals surface area (Å²) < 4.78 is 0. The molecule has 0 fully saturated rings. The molecule has 0 aliphatic rings. The van der Waals surface area contributed by atoms with Gasteiger partial charge in [0.25, 0.3) is 0 Å². The Hall–Kier alpha value is -1.97. The third-order valence-electron chi connectivity index (χ3n) is 3.69. The lowest BCUT2D eigenvalue weighted by Crippen LogP contribution is -2.47. The van der Waals surface area contributed by atoms with Gasteiger partial charge in [-0.15, -0.1) is 0 Å². The van der Waals surface area contributed by atoms with Crippen LogP contribution in [-0.4, -0.2) is 27.7 Å². The monoisotopic (exact) mass is 284 g/mol. The number of ketones is 1. The van der Waals surface area contributed by atoms with Crippen LogP contribution in [0.4, 0.5) is 0 Å². The minimum absolute atomic E-state index is 0.329. The van der Waals surface area contributed by atoms with Crippen molar-refractivity contribution >= 4 is 5.78 Å². The highest BCUT2D eigenvalue weighted by Crippen LogP contribution is 2.21. The van der Waals surface area contributed by atoms with Crippen LogP contribution in [0.15, 0.2) is 60.7 Å². The van der Waals surface area contributed by atoms with Crippen molar-refractivity contribution in [3.8, 4) is 0 Å². The van der Waals surface area contributed by atoms with Crippen LogP contribution in [0.1, 0.15) is 29.3 Å². The second-order valence-electron chi connectivity index (χ2n) is 5.38. The maximum absolute atomic E-state index is 12.3.